The standard InChI is InChI=1S/C43H32F2O2/c1-42(2)38-24-30(45)14-19-35(38)39-34-18-13-29(44)23-37(34)41-36(40(39)42)20-21-43(47-41,27-10-15-31(46-3)16-11-27)28-12-17-33-26(22-28)9-8-25-6-4-5-7-32(25)33/h4,6,8-24H,5,7H2,1-3H3. The van der Waals surface area contributed by atoms with E-state index in [1.54, 1.807) is 19.2 Å². The maximum absolute atomic E-state index is 15.2. The quantitative estimate of drug-likeness (QED) is 0.196. The van der Waals surface area contributed by atoms with Gasteiger partial charge in [0.05, 0.1) is 7.11 Å². The van der Waals surface area contributed by atoms with Gasteiger partial charge in [0.1, 0.15) is 23.1 Å². The molecule has 2 nitrogen and oxygen atoms in total. The highest BCUT2D eigenvalue weighted by Gasteiger charge is 2.44. The highest BCUT2D eigenvalue weighted by molar-refractivity contribution is 6.08. The minimum absolute atomic E-state index is 0.271. The molecule has 47 heavy (non-hydrogen) atoms. The number of rotatable bonds is 3. The topological polar surface area (TPSA) is 18.5 Å². The summed E-state index contributed by atoms with van der Waals surface area (Å²) >= 11 is 0. The van der Waals surface area contributed by atoms with Crippen molar-refractivity contribution in [1.82, 2.24) is 0 Å². The van der Waals surface area contributed by atoms with Crippen molar-refractivity contribution in [2.24, 2.45) is 0 Å². The van der Waals surface area contributed by atoms with Crippen molar-refractivity contribution in [1.29, 1.82) is 0 Å². The Morgan fingerprint density at radius 3 is 2.34 bits per heavy atom. The van der Waals surface area contributed by atoms with Gasteiger partial charge in [0.15, 0.2) is 5.60 Å². The van der Waals surface area contributed by atoms with Crippen LogP contribution in [0, 0.1) is 11.6 Å². The van der Waals surface area contributed by atoms with Crippen LogP contribution in [0.2, 0.25) is 0 Å². The Morgan fingerprint density at radius 1 is 0.745 bits per heavy atom. The fourth-order valence-electron chi connectivity index (χ4n) is 8.26. The normalized spacial score (nSPS) is 18.4. The van der Waals surface area contributed by atoms with E-state index < -0.39 is 11.0 Å². The summed E-state index contributed by atoms with van der Waals surface area (Å²) in [7, 11) is 1.66. The van der Waals surface area contributed by atoms with Crippen molar-refractivity contribution < 1.29 is 18.3 Å². The molecule has 230 valence electrons. The van der Waals surface area contributed by atoms with E-state index in [4.69, 9.17) is 9.47 Å². The van der Waals surface area contributed by atoms with Crippen LogP contribution in [0.15, 0.2) is 103 Å². The van der Waals surface area contributed by atoms with E-state index >= 15 is 4.39 Å². The Morgan fingerprint density at radius 2 is 1.51 bits per heavy atom. The minimum atomic E-state index is -1.02. The lowest BCUT2D eigenvalue weighted by atomic mass is 9.76. The molecule has 1 aliphatic heterocycles. The molecule has 0 aromatic heterocycles. The Bertz CT molecular complexity index is 2360. The fraction of sp³-hybridized carbons (Fsp3) is 0.163. The SMILES string of the molecule is COc1ccc(C2(c3ccc4c5c(ccc4c3)C=CCC5)C=Cc3c4c(c5ccc(F)cc5c3O2)-c2ccc(F)cc2C4(C)C)cc1. The van der Waals surface area contributed by atoms with E-state index in [-0.39, 0.29) is 11.6 Å². The van der Waals surface area contributed by atoms with Crippen molar-refractivity contribution in [2.45, 2.75) is 37.7 Å². The van der Waals surface area contributed by atoms with E-state index in [1.807, 2.05) is 36.4 Å². The van der Waals surface area contributed by atoms with Crippen LogP contribution in [-0.4, -0.2) is 7.11 Å². The van der Waals surface area contributed by atoms with Gasteiger partial charge < -0.3 is 9.47 Å². The number of methoxy groups -OCH3 is 1. The molecule has 6 aromatic carbocycles. The molecule has 0 bridgehead atoms. The highest BCUT2D eigenvalue weighted by atomic mass is 19.1. The molecule has 1 atom stereocenters. The molecule has 9 rings (SSSR count). The molecule has 3 aliphatic rings. The molecule has 6 aromatic rings. The second-order valence-corrected chi connectivity index (χ2v) is 13.4. The largest absolute Gasteiger partial charge is 0.497 e. The van der Waals surface area contributed by atoms with Crippen LogP contribution >= 0.6 is 0 Å². The van der Waals surface area contributed by atoms with Crippen LogP contribution in [0.3, 0.4) is 0 Å². The minimum Gasteiger partial charge on any atom is -0.497 e. The predicted molar refractivity (Wildman–Crippen MR) is 186 cm³/mol. The molecule has 1 heterocycles. The number of ether oxygens (including phenoxy) is 2. The lowest BCUT2D eigenvalue weighted by molar-refractivity contribution is 0.163. The van der Waals surface area contributed by atoms with Gasteiger partial charge in [0, 0.05) is 27.5 Å². The molecule has 0 saturated carbocycles. The summed E-state index contributed by atoms with van der Waals surface area (Å²) in [4.78, 5) is 0. The Balaban J connectivity index is 1.32. The summed E-state index contributed by atoms with van der Waals surface area (Å²) in [6.45, 7) is 4.26. The van der Waals surface area contributed by atoms with E-state index in [2.05, 4.69) is 68.5 Å². The average molecular weight is 619 g/mol. The fourth-order valence-corrected chi connectivity index (χ4v) is 8.26. The Labute approximate surface area is 272 Å². The van der Waals surface area contributed by atoms with Gasteiger partial charge in [-0.05, 0) is 111 Å². The zero-order valence-electron chi connectivity index (χ0n) is 26.5. The van der Waals surface area contributed by atoms with Gasteiger partial charge in [-0.2, -0.15) is 0 Å². The number of benzene rings is 6. The van der Waals surface area contributed by atoms with Crippen LogP contribution in [0.4, 0.5) is 8.78 Å². The van der Waals surface area contributed by atoms with E-state index in [1.165, 1.54) is 28.6 Å². The number of fused-ring (bicyclic) bond motifs is 11. The molecular weight excluding hydrogens is 586 g/mol. The lowest BCUT2D eigenvalue weighted by Crippen LogP contribution is -2.35. The molecule has 0 saturated heterocycles. The van der Waals surface area contributed by atoms with Crippen molar-refractivity contribution in [2.75, 3.05) is 7.11 Å². The van der Waals surface area contributed by atoms with Crippen LogP contribution < -0.4 is 9.47 Å². The number of hydrogen-bond donors (Lipinski definition) is 0. The van der Waals surface area contributed by atoms with Gasteiger partial charge in [-0.1, -0.05) is 80.6 Å². The molecular formula is C43H32F2O2. The van der Waals surface area contributed by atoms with Gasteiger partial charge in [0.25, 0.3) is 0 Å². The number of aryl methyl sites for hydroxylation is 1. The predicted octanol–water partition coefficient (Wildman–Crippen LogP) is 10.9. The van der Waals surface area contributed by atoms with Crippen LogP contribution in [0.25, 0.3) is 44.8 Å². The molecule has 0 spiro atoms. The van der Waals surface area contributed by atoms with Crippen molar-refractivity contribution in [3.05, 3.63) is 154 Å². The summed E-state index contributed by atoms with van der Waals surface area (Å²) in [6, 6.07) is 28.9. The van der Waals surface area contributed by atoms with Gasteiger partial charge in [0.2, 0.25) is 0 Å². The third-order valence-corrected chi connectivity index (χ3v) is 10.5. The number of allylic oxidation sites excluding steroid dienone is 1. The summed E-state index contributed by atoms with van der Waals surface area (Å²) < 4.78 is 42.7. The van der Waals surface area contributed by atoms with Crippen LogP contribution in [0.5, 0.6) is 11.5 Å². The first-order valence-corrected chi connectivity index (χ1v) is 16.1. The van der Waals surface area contributed by atoms with Crippen LogP contribution in [-0.2, 0) is 17.4 Å². The third kappa shape index (κ3) is 3.94. The maximum Gasteiger partial charge on any atom is 0.178 e. The van der Waals surface area contributed by atoms with E-state index in [9.17, 15) is 4.39 Å². The molecule has 0 N–H and O–H groups in total. The zero-order chi connectivity index (χ0) is 32.1. The first kappa shape index (κ1) is 28.0. The van der Waals surface area contributed by atoms with Crippen molar-refractivity contribution in [3.63, 3.8) is 0 Å². The summed E-state index contributed by atoms with van der Waals surface area (Å²) in [5, 5.41) is 3.97. The molecule has 0 radical (unpaired) electrons. The molecule has 2 aliphatic carbocycles. The second kappa shape index (κ2) is 9.89. The first-order valence-electron chi connectivity index (χ1n) is 16.1. The second-order valence-electron chi connectivity index (χ2n) is 13.4. The highest BCUT2D eigenvalue weighted by Crippen LogP contribution is 2.58. The van der Waals surface area contributed by atoms with Gasteiger partial charge in [-0.25, -0.2) is 8.78 Å². The van der Waals surface area contributed by atoms with Gasteiger partial charge in [-0.15, -0.1) is 0 Å². The monoisotopic (exact) mass is 618 g/mol. The van der Waals surface area contributed by atoms with Gasteiger partial charge in [-0.3, -0.25) is 0 Å². The summed E-state index contributed by atoms with van der Waals surface area (Å²) in [5.41, 5.74) is 7.86. The smallest absolute Gasteiger partial charge is 0.178 e. The lowest BCUT2D eigenvalue weighted by Gasteiger charge is -2.38. The van der Waals surface area contributed by atoms with Crippen molar-refractivity contribution in [3.8, 4) is 22.6 Å². The summed E-state index contributed by atoms with van der Waals surface area (Å²) in [6.07, 6.45) is 10.8. The third-order valence-electron chi connectivity index (χ3n) is 10.5. The van der Waals surface area contributed by atoms with Gasteiger partial charge >= 0.3 is 0 Å². The maximum atomic E-state index is 15.2. The van der Waals surface area contributed by atoms with Crippen molar-refractivity contribution >= 4 is 33.7 Å². The van der Waals surface area contributed by atoms with Crippen LogP contribution in [0.1, 0.15) is 59.2 Å². The first-order chi connectivity index (χ1) is 22.8. The zero-order valence-corrected chi connectivity index (χ0v) is 26.5. The molecule has 0 amide bonds. The number of hydrogen-bond acceptors (Lipinski definition) is 2. The number of halogens is 2. The summed E-state index contributed by atoms with van der Waals surface area (Å²) in [5.74, 6) is 0.759. The molecule has 0 fully saturated rings. The van der Waals surface area contributed by atoms with E-state index in [0.717, 1.165) is 68.3 Å². The molecule has 1 unspecified atom stereocenters. The molecule has 4 heteroatoms. The Kier molecular flexibility index (Phi) is 5.90. The average Bonchev–Trinajstić information content (AvgIpc) is 3.33. The Hall–Kier alpha value is -5.22. The van der Waals surface area contributed by atoms with E-state index in [0.29, 0.717) is 11.1 Å².